The maximum atomic E-state index is 2.25. The van der Waals surface area contributed by atoms with Gasteiger partial charge < -0.3 is 4.90 Å². The second-order valence-corrected chi connectivity index (χ2v) is 5.40. The number of nitrogens with zero attached hydrogens (tertiary/aromatic N) is 1. The molecule has 0 aliphatic carbocycles. The third kappa shape index (κ3) is 2.27. The van der Waals surface area contributed by atoms with Gasteiger partial charge in [0.25, 0.3) is 0 Å². The Hall–Kier alpha value is -2.28. The Morgan fingerprint density at radius 1 is 0.750 bits per heavy atom. The molecule has 1 nitrogen and oxygen atoms in total. The highest BCUT2D eigenvalue weighted by Crippen LogP contribution is 2.31. The molecular weight excluding hydrogens is 242 g/mol. The molecule has 0 aliphatic rings. The molecule has 0 aromatic heterocycles. The maximum Gasteiger partial charge on any atom is 0.0487 e. The first-order chi connectivity index (χ1) is 9.65. The van der Waals surface area contributed by atoms with Gasteiger partial charge in [0.15, 0.2) is 0 Å². The molecule has 0 unspecified atom stereocenters. The van der Waals surface area contributed by atoms with Crippen molar-refractivity contribution in [3.8, 4) is 0 Å². The van der Waals surface area contributed by atoms with E-state index in [0.717, 1.165) is 0 Å². The van der Waals surface area contributed by atoms with E-state index in [0.29, 0.717) is 0 Å². The predicted molar refractivity (Wildman–Crippen MR) is 87.9 cm³/mol. The summed E-state index contributed by atoms with van der Waals surface area (Å²) < 4.78 is 0. The first-order valence-corrected chi connectivity index (χ1v) is 6.95. The summed E-state index contributed by atoms with van der Waals surface area (Å²) in [5, 5.41) is 2.59. The van der Waals surface area contributed by atoms with Gasteiger partial charge in [0.1, 0.15) is 0 Å². The van der Waals surface area contributed by atoms with E-state index in [1.807, 2.05) is 0 Å². The molecule has 3 aromatic carbocycles. The van der Waals surface area contributed by atoms with Crippen molar-refractivity contribution in [2.24, 2.45) is 0 Å². The zero-order valence-electron chi connectivity index (χ0n) is 12.2. The summed E-state index contributed by atoms with van der Waals surface area (Å²) in [4.78, 5) is 2.25. The molecule has 0 N–H and O–H groups in total. The van der Waals surface area contributed by atoms with Gasteiger partial charge in [-0.15, -0.1) is 0 Å². The standard InChI is InChI=1S/C19H19N/c1-14-7-10-17(11-8-14)20(3)19-6-4-5-16-13-15(2)9-12-18(16)19/h4-13H,1-3H3. The van der Waals surface area contributed by atoms with Gasteiger partial charge >= 0.3 is 0 Å². The number of fused-ring (bicyclic) bond motifs is 1. The fraction of sp³-hybridized carbons (Fsp3) is 0.158. The lowest BCUT2D eigenvalue weighted by Crippen LogP contribution is -2.09. The van der Waals surface area contributed by atoms with Gasteiger partial charge in [-0.3, -0.25) is 0 Å². The molecule has 20 heavy (non-hydrogen) atoms. The van der Waals surface area contributed by atoms with Crippen LogP contribution in [0.25, 0.3) is 10.8 Å². The van der Waals surface area contributed by atoms with Crippen LogP contribution in [0.2, 0.25) is 0 Å². The van der Waals surface area contributed by atoms with Gasteiger partial charge in [0, 0.05) is 23.8 Å². The average Bonchev–Trinajstić information content (AvgIpc) is 2.46. The van der Waals surface area contributed by atoms with Crippen LogP contribution >= 0.6 is 0 Å². The molecule has 0 atom stereocenters. The van der Waals surface area contributed by atoms with E-state index >= 15 is 0 Å². The van der Waals surface area contributed by atoms with E-state index in [9.17, 15) is 0 Å². The van der Waals surface area contributed by atoms with Crippen LogP contribution in [0, 0.1) is 13.8 Å². The van der Waals surface area contributed by atoms with Crippen LogP contribution in [0.5, 0.6) is 0 Å². The van der Waals surface area contributed by atoms with Crippen molar-refractivity contribution in [2.45, 2.75) is 13.8 Å². The first-order valence-electron chi connectivity index (χ1n) is 6.95. The van der Waals surface area contributed by atoms with Gasteiger partial charge in [-0.05, 0) is 37.4 Å². The van der Waals surface area contributed by atoms with Crippen molar-refractivity contribution in [3.05, 3.63) is 71.8 Å². The largest absolute Gasteiger partial charge is 0.344 e. The van der Waals surface area contributed by atoms with E-state index in [2.05, 4.69) is 86.5 Å². The third-order valence-electron chi connectivity index (χ3n) is 3.80. The highest BCUT2D eigenvalue weighted by Gasteiger charge is 2.07. The number of benzene rings is 3. The van der Waals surface area contributed by atoms with Crippen molar-refractivity contribution in [2.75, 3.05) is 11.9 Å². The summed E-state index contributed by atoms with van der Waals surface area (Å²) in [5.74, 6) is 0. The normalized spacial score (nSPS) is 10.8. The Morgan fingerprint density at radius 3 is 2.20 bits per heavy atom. The molecule has 0 radical (unpaired) electrons. The van der Waals surface area contributed by atoms with Crippen molar-refractivity contribution < 1.29 is 0 Å². The Balaban J connectivity index is 2.11. The second-order valence-electron chi connectivity index (χ2n) is 5.40. The minimum atomic E-state index is 1.21. The summed E-state index contributed by atoms with van der Waals surface area (Å²) in [7, 11) is 2.12. The fourth-order valence-corrected chi connectivity index (χ4v) is 2.59. The number of anilines is 2. The molecule has 0 bridgehead atoms. The summed E-state index contributed by atoms with van der Waals surface area (Å²) in [6.07, 6.45) is 0. The Bertz CT molecular complexity index is 741. The lowest BCUT2D eigenvalue weighted by atomic mass is 10.1. The van der Waals surface area contributed by atoms with Gasteiger partial charge in [-0.1, -0.05) is 53.6 Å². The Kier molecular flexibility index (Phi) is 3.19. The molecule has 3 rings (SSSR count). The van der Waals surface area contributed by atoms with E-state index in [1.165, 1.54) is 33.3 Å². The van der Waals surface area contributed by atoms with Crippen LogP contribution in [-0.4, -0.2) is 7.05 Å². The monoisotopic (exact) mass is 261 g/mol. The molecule has 100 valence electrons. The molecule has 0 heterocycles. The number of hydrogen-bond acceptors (Lipinski definition) is 1. The zero-order chi connectivity index (χ0) is 14.1. The molecule has 0 aliphatic heterocycles. The number of aryl methyl sites for hydroxylation is 2. The lowest BCUT2D eigenvalue weighted by Gasteiger charge is -2.21. The Labute approximate surface area is 120 Å². The van der Waals surface area contributed by atoms with Crippen LogP contribution in [-0.2, 0) is 0 Å². The van der Waals surface area contributed by atoms with Crippen molar-refractivity contribution in [1.82, 2.24) is 0 Å². The number of hydrogen-bond donors (Lipinski definition) is 0. The molecule has 0 spiro atoms. The summed E-state index contributed by atoms with van der Waals surface area (Å²) in [5.41, 5.74) is 5.04. The van der Waals surface area contributed by atoms with Gasteiger partial charge in [-0.25, -0.2) is 0 Å². The minimum absolute atomic E-state index is 1.21. The summed E-state index contributed by atoms with van der Waals surface area (Å²) in [6, 6.07) is 21.8. The third-order valence-corrected chi connectivity index (χ3v) is 3.80. The van der Waals surface area contributed by atoms with Crippen LogP contribution in [0.1, 0.15) is 11.1 Å². The first kappa shape index (κ1) is 12.7. The molecule has 1 heteroatoms. The highest BCUT2D eigenvalue weighted by atomic mass is 15.1. The van der Waals surface area contributed by atoms with Gasteiger partial charge in [0.05, 0.1) is 0 Å². The minimum Gasteiger partial charge on any atom is -0.344 e. The van der Waals surface area contributed by atoms with Gasteiger partial charge in [-0.2, -0.15) is 0 Å². The maximum absolute atomic E-state index is 2.25. The summed E-state index contributed by atoms with van der Waals surface area (Å²) in [6.45, 7) is 4.25. The quantitative estimate of drug-likeness (QED) is 0.611. The Morgan fingerprint density at radius 2 is 1.45 bits per heavy atom. The zero-order valence-corrected chi connectivity index (χ0v) is 12.2. The molecule has 0 saturated carbocycles. The smallest absolute Gasteiger partial charge is 0.0487 e. The average molecular weight is 261 g/mol. The van der Waals surface area contributed by atoms with E-state index < -0.39 is 0 Å². The SMILES string of the molecule is Cc1ccc(N(C)c2cccc3cc(C)ccc23)cc1. The molecule has 0 fully saturated rings. The highest BCUT2D eigenvalue weighted by molar-refractivity contribution is 5.96. The van der Waals surface area contributed by atoms with Crippen LogP contribution < -0.4 is 4.90 Å². The number of rotatable bonds is 2. The molecule has 3 aromatic rings. The molecular formula is C19H19N. The predicted octanol–water partition coefficient (Wildman–Crippen LogP) is 5.22. The van der Waals surface area contributed by atoms with E-state index in [1.54, 1.807) is 0 Å². The lowest BCUT2D eigenvalue weighted by molar-refractivity contribution is 1.22. The van der Waals surface area contributed by atoms with Crippen molar-refractivity contribution >= 4 is 22.1 Å². The topological polar surface area (TPSA) is 3.24 Å². The van der Waals surface area contributed by atoms with Crippen molar-refractivity contribution in [3.63, 3.8) is 0 Å². The molecule has 0 saturated heterocycles. The van der Waals surface area contributed by atoms with E-state index in [-0.39, 0.29) is 0 Å². The van der Waals surface area contributed by atoms with Crippen LogP contribution in [0.3, 0.4) is 0 Å². The molecule has 0 amide bonds. The fourth-order valence-electron chi connectivity index (χ4n) is 2.59. The van der Waals surface area contributed by atoms with Crippen molar-refractivity contribution in [1.29, 1.82) is 0 Å². The second kappa shape index (κ2) is 5.01. The van der Waals surface area contributed by atoms with Crippen LogP contribution in [0.15, 0.2) is 60.7 Å². The summed E-state index contributed by atoms with van der Waals surface area (Å²) >= 11 is 0. The van der Waals surface area contributed by atoms with Gasteiger partial charge in [0.2, 0.25) is 0 Å². The van der Waals surface area contributed by atoms with Crippen LogP contribution in [0.4, 0.5) is 11.4 Å². The van der Waals surface area contributed by atoms with E-state index in [4.69, 9.17) is 0 Å².